The van der Waals surface area contributed by atoms with Crippen molar-refractivity contribution in [3.63, 3.8) is 0 Å². The van der Waals surface area contributed by atoms with Crippen LogP contribution < -0.4 is 15.1 Å². The van der Waals surface area contributed by atoms with E-state index in [-0.39, 0.29) is 11.6 Å². The molecule has 0 fully saturated rings. The number of hydrogen-bond acceptors (Lipinski definition) is 4. The van der Waals surface area contributed by atoms with E-state index in [2.05, 4.69) is 75.4 Å². The molecule has 0 unspecified atom stereocenters. The summed E-state index contributed by atoms with van der Waals surface area (Å²) in [5.74, 6) is 0.816. The fourth-order valence-corrected chi connectivity index (χ4v) is 8.67. The molecule has 0 saturated carbocycles. The molecule has 0 aliphatic heterocycles. The zero-order valence-electron chi connectivity index (χ0n) is 20.5. The molecule has 3 aromatic carbocycles. The molecule has 0 saturated heterocycles. The third kappa shape index (κ3) is 6.03. The molecular weight excluding hydrogens is 438 g/mol. The maximum atomic E-state index is 9.79. The van der Waals surface area contributed by atoms with Gasteiger partial charge in [-0.25, -0.2) is 0 Å². The summed E-state index contributed by atoms with van der Waals surface area (Å²) < 4.78 is 17.8. The fraction of sp³-hybridized carbons (Fsp3) is 0.276. The van der Waals surface area contributed by atoms with E-state index in [9.17, 15) is 5.26 Å². The molecule has 0 bridgehead atoms. The lowest BCUT2D eigenvalue weighted by atomic mass is 10.2. The van der Waals surface area contributed by atoms with E-state index in [0.717, 1.165) is 11.3 Å². The summed E-state index contributed by atoms with van der Waals surface area (Å²) in [6, 6.07) is 31.0. The first-order valence-corrected chi connectivity index (χ1v) is 13.4. The van der Waals surface area contributed by atoms with E-state index in [0.29, 0.717) is 18.8 Å². The van der Waals surface area contributed by atoms with Crippen LogP contribution in [0.15, 0.2) is 96.6 Å². The minimum atomic E-state index is -2.68. The molecule has 0 amide bonds. The minimum absolute atomic E-state index is 0.138. The molecule has 0 aromatic heterocycles. The van der Waals surface area contributed by atoms with E-state index in [4.69, 9.17) is 13.9 Å². The quantitative estimate of drug-likeness (QED) is 0.231. The lowest BCUT2D eigenvalue weighted by Crippen LogP contribution is -2.66. The zero-order valence-corrected chi connectivity index (χ0v) is 21.5. The largest absolute Gasteiger partial charge is 0.497 e. The lowest BCUT2D eigenvalue weighted by Gasteiger charge is -2.43. The monoisotopic (exact) mass is 471 g/mol. The van der Waals surface area contributed by atoms with Crippen molar-refractivity contribution in [3.05, 3.63) is 102 Å². The van der Waals surface area contributed by atoms with E-state index in [1.54, 1.807) is 7.11 Å². The van der Waals surface area contributed by atoms with Crippen LogP contribution in [0.1, 0.15) is 26.3 Å². The highest BCUT2D eigenvalue weighted by molar-refractivity contribution is 6.99. The molecule has 0 spiro atoms. The van der Waals surface area contributed by atoms with Gasteiger partial charge in [-0.2, -0.15) is 5.26 Å². The van der Waals surface area contributed by atoms with E-state index in [1.165, 1.54) is 10.4 Å². The van der Waals surface area contributed by atoms with Crippen molar-refractivity contribution >= 4 is 18.7 Å². The Balaban J connectivity index is 1.77. The van der Waals surface area contributed by atoms with E-state index < -0.39 is 8.32 Å². The molecule has 0 radical (unpaired) electrons. The Hall–Kier alpha value is -3.17. The average molecular weight is 472 g/mol. The Labute approximate surface area is 204 Å². The molecule has 3 rings (SSSR count). The van der Waals surface area contributed by atoms with Gasteiger partial charge in [-0.05, 0) is 39.2 Å². The number of nitrogens with zero attached hydrogens (tertiary/aromatic N) is 1. The molecular formula is C29H33NO3Si. The van der Waals surface area contributed by atoms with Crippen LogP contribution in [0.3, 0.4) is 0 Å². The van der Waals surface area contributed by atoms with Gasteiger partial charge in [0.25, 0.3) is 8.32 Å². The maximum Gasteiger partial charge on any atom is 0.261 e. The van der Waals surface area contributed by atoms with Crippen LogP contribution in [0.25, 0.3) is 0 Å². The summed E-state index contributed by atoms with van der Waals surface area (Å²) in [7, 11) is -1.03. The number of nitriles is 1. The summed E-state index contributed by atoms with van der Waals surface area (Å²) in [5.41, 5.74) is 1.62. The van der Waals surface area contributed by atoms with Crippen molar-refractivity contribution in [3.8, 4) is 11.8 Å². The van der Waals surface area contributed by atoms with Crippen molar-refractivity contribution in [2.24, 2.45) is 0 Å². The number of benzene rings is 3. The maximum absolute atomic E-state index is 9.79. The normalized spacial score (nSPS) is 12.3. The minimum Gasteiger partial charge on any atom is -0.497 e. The van der Waals surface area contributed by atoms with E-state index >= 15 is 0 Å². The van der Waals surface area contributed by atoms with Crippen molar-refractivity contribution < 1.29 is 13.9 Å². The predicted molar refractivity (Wildman–Crippen MR) is 140 cm³/mol. The topological polar surface area (TPSA) is 51.5 Å². The van der Waals surface area contributed by atoms with Crippen LogP contribution in [0, 0.1) is 11.3 Å². The summed E-state index contributed by atoms with van der Waals surface area (Å²) in [4.78, 5) is 0. The fourth-order valence-electron chi connectivity index (χ4n) is 4.14. The van der Waals surface area contributed by atoms with Crippen LogP contribution in [-0.2, 0) is 15.8 Å². The van der Waals surface area contributed by atoms with Gasteiger partial charge in [0.05, 0.1) is 38.6 Å². The Morgan fingerprint density at radius 2 is 1.44 bits per heavy atom. The second-order valence-corrected chi connectivity index (χ2v) is 13.5. The predicted octanol–water partition coefficient (Wildman–Crippen LogP) is 5.24. The molecule has 0 heterocycles. The summed E-state index contributed by atoms with van der Waals surface area (Å²) in [5, 5.41) is 12.0. The molecule has 0 N–H and O–H groups in total. The van der Waals surface area contributed by atoms with Gasteiger partial charge in [-0.3, -0.25) is 0 Å². The number of ether oxygens (including phenoxy) is 2. The Morgan fingerprint density at radius 3 is 1.91 bits per heavy atom. The van der Waals surface area contributed by atoms with Gasteiger partial charge >= 0.3 is 0 Å². The van der Waals surface area contributed by atoms with Crippen LogP contribution in [0.5, 0.6) is 5.75 Å². The van der Waals surface area contributed by atoms with Gasteiger partial charge in [-0.15, -0.1) is 0 Å². The third-order valence-corrected chi connectivity index (χ3v) is 10.9. The van der Waals surface area contributed by atoms with Crippen LogP contribution in [0.4, 0.5) is 0 Å². The summed E-state index contributed by atoms with van der Waals surface area (Å²) >= 11 is 0. The highest BCUT2D eigenvalue weighted by Gasteiger charge is 2.50. The molecule has 0 aliphatic carbocycles. The van der Waals surface area contributed by atoms with Crippen molar-refractivity contribution in [1.82, 2.24) is 0 Å². The Kier molecular flexibility index (Phi) is 8.83. The molecule has 3 aromatic rings. The Bertz CT molecular complexity index is 1060. The second-order valence-electron chi connectivity index (χ2n) is 9.16. The second kappa shape index (κ2) is 11.8. The molecule has 5 heteroatoms. The zero-order chi connectivity index (χ0) is 24.4. The van der Waals surface area contributed by atoms with Gasteiger partial charge in [0, 0.05) is 0 Å². The molecule has 4 nitrogen and oxygen atoms in total. The first kappa shape index (κ1) is 25.4. The van der Waals surface area contributed by atoms with Crippen molar-refractivity contribution in [2.45, 2.75) is 32.4 Å². The van der Waals surface area contributed by atoms with Gasteiger partial charge in [0.1, 0.15) is 5.75 Å². The first-order chi connectivity index (χ1) is 16.4. The van der Waals surface area contributed by atoms with Crippen LogP contribution >= 0.6 is 0 Å². The lowest BCUT2D eigenvalue weighted by molar-refractivity contribution is 0.148. The molecule has 176 valence electrons. The highest BCUT2D eigenvalue weighted by atomic mass is 28.4. The molecule has 0 atom stereocenters. The summed E-state index contributed by atoms with van der Waals surface area (Å²) in [6.45, 7) is 7.75. The third-order valence-electron chi connectivity index (χ3n) is 5.88. The van der Waals surface area contributed by atoms with E-state index in [1.807, 2.05) is 42.5 Å². The van der Waals surface area contributed by atoms with Gasteiger partial charge in [0.2, 0.25) is 0 Å². The highest BCUT2D eigenvalue weighted by Crippen LogP contribution is 2.37. The smallest absolute Gasteiger partial charge is 0.261 e. The number of rotatable bonds is 10. The van der Waals surface area contributed by atoms with Crippen molar-refractivity contribution in [1.29, 1.82) is 5.26 Å². The van der Waals surface area contributed by atoms with Gasteiger partial charge < -0.3 is 13.9 Å². The first-order valence-electron chi connectivity index (χ1n) is 11.5. The van der Waals surface area contributed by atoms with Gasteiger partial charge in [-0.1, -0.05) is 93.6 Å². The van der Waals surface area contributed by atoms with Crippen molar-refractivity contribution in [2.75, 3.05) is 20.3 Å². The number of hydrogen-bond donors (Lipinski definition) is 0. The van der Waals surface area contributed by atoms with Crippen LogP contribution in [-0.4, -0.2) is 28.6 Å². The van der Waals surface area contributed by atoms with Crippen LogP contribution in [0.2, 0.25) is 5.04 Å². The number of methoxy groups -OCH3 is 1. The molecule has 34 heavy (non-hydrogen) atoms. The average Bonchev–Trinajstić information content (AvgIpc) is 2.86. The summed E-state index contributed by atoms with van der Waals surface area (Å²) in [6.07, 6.45) is 1.82. The Morgan fingerprint density at radius 1 is 0.882 bits per heavy atom. The SMILES string of the molecule is COc1ccc(COC/C=C(\C#N)CO[Si](c2ccccc2)(c2ccccc2)C(C)(C)C)cc1. The molecule has 0 aliphatic rings. The standard InChI is InChI=1S/C29H33NO3Si/c1-29(2,3)34(27-11-7-5-8-12-27,28-13-9-6-10-14-28)33-23-25(21-30)19-20-32-22-24-15-17-26(31-4)18-16-24/h5-19H,20,22-23H2,1-4H3/b25-19+. The van der Waals surface area contributed by atoms with Gasteiger partial charge in [0.15, 0.2) is 0 Å².